The van der Waals surface area contributed by atoms with Gasteiger partial charge in [-0.05, 0) is 44.5 Å². The number of aromatic nitrogens is 2. The zero-order valence-corrected chi connectivity index (χ0v) is 17.0. The van der Waals surface area contributed by atoms with Gasteiger partial charge in [0.05, 0.1) is 11.5 Å². The lowest BCUT2D eigenvalue weighted by Crippen LogP contribution is -2.37. The van der Waals surface area contributed by atoms with Gasteiger partial charge in [0.25, 0.3) is 0 Å². The summed E-state index contributed by atoms with van der Waals surface area (Å²) in [6, 6.07) is 5.46. The van der Waals surface area contributed by atoms with E-state index in [-0.39, 0.29) is 36.3 Å². The zero-order valence-electron chi connectivity index (χ0n) is 15.4. The van der Waals surface area contributed by atoms with Crippen LogP contribution in [0.4, 0.5) is 11.4 Å². The van der Waals surface area contributed by atoms with Crippen LogP contribution in [0.1, 0.15) is 17.0 Å². The summed E-state index contributed by atoms with van der Waals surface area (Å²) < 4.78 is 2.19. The molecule has 0 fully saturated rings. The van der Waals surface area contributed by atoms with E-state index in [0.29, 0.717) is 11.4 Å². The maximum absolute atomic E-state index is 12.4. The van der Waals surface area contributed by atoms with Crippen molar-refractivity contribution < 1.29 is 14.5 Å². The summed E-state index contributed by atoms with van der Waals surface area (Å²) in [6.45, 7) is 4.60. The summed E-state index contributed by atoms with van der Waals surface area (Å²) in [5, 5.41) is 17.8. The fraction of sp³-hybridized carbons (Fsp3) is 0.353. The van der Waals surface area contributed by atoms with E-state index in [9.17, 15) is 19.7 Å². The number of rotatable bonds is 6. The molecule has 0 unspecified atom stereocenters. The minimum atomic E-state index is -0.518. The van der Waals surface area contributed by atoms with Gasteiger partial charge in [-0.2, -0.15) is 5.10 Å². The molecule has 1 N–H and O–H groups in total. The first kappa shape index (κ1) is 20.6. The quantitative estimate of drug-likeness (QED) is 0.551. The highest BCUT2D eigenvalue weighted by Crippen LogP contribution is 2.22. The molecule has 0 bridgehead atoms. The number of carbonyl (C=O) groups excluding carboxylic acids is 2. The zero-order chi connectivity index (χ0) is 20.3. The number of carbonyl (C=O) groups is 2. The van der Waals surface area contributed by atoms with Crippen LogP contribution < -0.4 is 5.32 Å². The summed E-state index contributed by atoms with van der Waals surface area (Å²) in [4.78, 5) is 36.3. The van der Waals surface area contributed by atoms with Crippen molar-refractivity contribution in [2.45, 2.75) is 27.3 Å². The lowest BCUT2D eigenvalue weighted by molar-refractivity contribution is -0.386. The molecular weight excluding hydrogens is 418 g/mol. The molecule has 1 heterocycles. The number of likely N-dealkylation sites (N-methyl/N-ethyl adjacent to an activating group) is 1. The number of hydrogen-bond donors (Lipinski definition) is 1. The maximum atomic E-state index is 12.4. The van der Waals surface area contributed by atoms with Crippen LogP contribution in [0.25, 0.3) is 0 Å². The molecule has 0 spiro atoms. The molecule has 0 aliphatic carbocycles. The minimum absolute atomic E-state index is 0.103. The van der Waals surface area contributed by atoms with Gasteiger partial charge in [0.15, 0.2) is 0 Å². The molecule has 0 saturated carbocycles. The number of hydrogen-bond acceptors (Lipinski definition) is 5. The second-order valence-electron chi connectivity index (χ2n) is 6.19. The van der Waals surface area contributed by atoms with Gasteiger partial charge in [-0.25, -0.2) is 0 Å². The van der Waals surface area contributed by atoms with E-state index in [1.165, 1.54) is 30.5 Å². The Morgan fingerprint density at radius 1 is 1.33 bits per heavy atom. The Kier molecular flexibility index (Phi) is 6.32. The van der Waals surface area contributed by atoms with Gasteiger partial charge in [0.2, 0.25) is 11.8 Å². The third-order valence-electron chi connectivity index (χ3n) is 4.08. The molecule has 27 heavy (non-hydrogen) atoms. The van der Waals surface area contributed by atoms with Gasteiger partial charge in [-0.15, -0.1) is 0 Å². The lowest BCUT2D eigenvalue weighted by atomic mass is 10.2. The smallest absolute Gasteiger partial charge is 0.312 e. The number of anilines is 1. The van der Waals surface area contributed by atoms with Gasteiger partial charge in [0, 0.05) is 17.2 Å². The molecular formula is C17H20BrN5O4. The van der Waals surface area contributed by atoms with Gasteiger partial charge in [-0.3, -0.25) is 24.4 Å². The minimum Gasteiger partial charge on any atom is -0.335 e. The van der Waals surface area contributed by atoms with E-state index in [1.54, 1.807) is 6.07 Å². The van der Waals surface area contributed by atoms with Crippen molar-refractivity contribution in [3.63, 3.8) is 0 Å². The molecule has 9 nitrogen and oxygen atoms in total. The number of nitrogens with zero attached hydrogens (tertiary/aromatic N) is 4. The van der Waals surface area contributed by atoms with Gasteiger partial charge in [0.1, 0.15) is 17.9 Å². The first-order valence-electron chi connectivity index (χ1n) is 8.08. The largest absolute Gasteiger partial charge is 0.335 e. The summed E-state index contributed by atoms with van der Waals surface area (Å²) >= 11 is 3.36. The highest BCUT2D eigenvalue weighted by atomic mass is 79.9. The molecule has 1 aromatic carbocycles. The predicted molar refractivity (Wildman–Crippen MR) is 104 cm³/mol. The van der Waals surface area contributed by atoms with E-state index < -0.39 is 4.92 Å². The number of benzene rings is 1. The topological polar surface area (TPSA) is 110 Å². The highest BCUT2D eigenvalue weighted by molar-refractivity contribution is 9.10. The summed E-state index contributed by atoms with van der Waals surface area (Å²) in [6.07, 6.45) is 0. The molecule has 0 radical (unpaired) electrons. The first-order chi connectivity index (χ1) is 12.6. The van der Waals surface area contributed by atoms with Crippen LogP contribution in [0, 0.1) is 30.9 Å². The maximum Gasteiger partial charge on any atom is 0.312 e. The number of nitrogens with one attached hydrogen (secondary N) is 1. The Hall–Kier alpha value is -2.75. The Morgan fingerprint density at radius 3 is 2.56 bits per heavy atom. The van der Waals surface area contributed by atoms with Crippen molar-refractivity contribution in [3.05, 3.63) is 49.7 Å². The number of amides is 2. The number of halogens is 1. The summed E-state index contributed by atoms with van der Waals surface area (Å²) in [7, 11) is 1.50. The normalized spacial score (nSPS) is 10.6. The van der Waals surface area contributed by atoms with Crippen molar-refractivity contribution in [1.29, 1.82) is 0 Å². The van der Waals surface area contributed by atoms with Crippen LogP contribution >= 0.6 is 15.9 Å². The molecule has 0 aliphatic rings. The molecule has 0 saturated heterocycles. The molecule has 144 valence electrons. The Morgan fingerprint density at radius 2 is 2.00 bits per heavy atom. The Labute approximate surface area is 164 Å². The third-order valence-corrected chi connectivity index (χ3v) is 4.57. The molecule has 10 heteroatoms. The van der Waals surface area contributed by atoms with E-state index in [4.69, 9.17) is 0 Å². The summed E-state index contributed by atoms with van der Waals surface area (Å²) in [5.74, 6) is -0.714. The Bertz CT molecular complexity index is 909. The first-order valence-corrected chi connectivity index (χ1v) is 8.87. The monoisotopic (exact) mass is 437 g/mol. The Balaban J connectivity index is 2.00. The van der Waals surface area contributed by atoms with Crippen LogP contribution in [0.15, 0.2) is 22.7 Å². The molecule has 0 aliphatic heterocycles. The van der Waals surface area contributed by atoms with E-state index in [0.717, 1.165) is 10.0 Å². The van der Waals surface area contributed by atoms with Gasteiger partial charge in [-0.1, -0.05) is 15.9 Å². The van der Waals surface area contributed by atoms with Crippen LogP contribution in [0.5, 0.6) is 0 Å². The molecule has 0 atom stereocenters. The van der Waals surface area contributed by atoms with E-state index in [1.807, 2.05) is 19.1 Å². The van der Waals surface area contributed by atoms with Crippen molar-refractivity contribution in [2.75, 3.05) is 18.9 Å². The van der Waals surface area contributed by atoms with Crippen LogP contribution in [0.3, 0.4) is 0 Å². The second-order valence-corrected chi connectivity index (χ2v) is 7.11. The molecule has 1 aromatic heterocycles. The second kappa shape index (κ2) is 8.30. The third kappa shape index (κ3) is 4.91. The number of nitro groups is 1. The standard InChI is InChI=1S/C17H20BrN5O4/c1-10-7-13(18)5-6-14(10)19-15(24)8-21(4)16(25)9-22-12(3)17(23(26)27)11(2)20-22/h5-7H,8-9H2,1-4H3,(H,19,24). The molecule has 2 amide bonds. The van der Waals surface area contributed by atoms with Crippen LogP contribution in [-0.4, -0.2) is 45.0 Å². The molecule has 2 rings (SSSR count). The fourth-order valence-corrected chi connectivity index (χ4v) is 3.09. The van der Waals surface area contributed by atoms with Gasteiger partial charge >= 0.3 is 5.69 Å². The lowest BCUT2D eigenvalue weighted by Gasteiger charge is -2.17. The van der Waals surface area contributed by atoms with Gasteiger partial charge < -0.3 is 10.2 Å². The SMILES string of the molecule is Cc1cc(Br)ccc1NC(=O)CN(C)C(=O)Cn1nc(C)c([N+](=O)[O-])c1C. The van der Waals surface area contributed by atoms with Crippen molar-refractivity contribution in [2.24, 2.45) is 0 Å². The average molecular weight is 438 g/mol. The van der Waals surface area contributed by atoms with Crippen molar-refractivity contribution in [1.82, 2.24) is 14.7 Å². The molecule has 2 aromatic rings. The average Bonchev–Trinajstić information content (AvgIpc) is 2.83. The summed E-state index contributed by atoms with van der Waals surface area (Å²) in [5.41, 5.74) is 2.00. The fourth-order valence-electron chi connectivity index (χ4n) is 2.62. The highest BCUT2D eigenvalue weighted by Gasteiger charge is 2.24. The van der Waals surface area contributed by atoms with Crippen LogP contribution in [-0.2, 0) is 16.1 Å². The van der Waals surface area contributed by atoms with Crippen LogP contribution in [0.2, 0.25) is 0 Å². The van der Waals surface area contributed by atoms with E-state index in [2.05, 4.69) is 26.3 Å². The van der Waals surface area contributed by atoms with E-state index >= 15 is 0 Å². The number of aryl methyl sites for hydroxylation is 2. The van der Waals surface area contributed by atoms with Crippen molar-refractivity contribution >= 4 is 39.1 Å². The van der Waals surface area contributed by atoms with Crippen molar-refractivity contribution in [3.8, 4) is 0 Å². The predicted octanol–water partition coefficient (Wildman–Crippen LogP) is 2.58.